The Morgan fingerprint density at radius 2 is 2.24 bits per heavy atom. The fourth-order valence-electron chi connectivity index (χ4n) is 2.26. The summed E-state index contributed by atoms with van der Waals surface area (Å²) in [6.07, 6.45) is 2.56. The molecule has 17 heavy (non-hydrogen) atoms. The summed E-state index contributed by atoms with van der Waals surface area (Å²) < 4.78 is 8.43. The van der Waals surface area contributed by atoms with Crippen LogP contribution < -0.4 is 5.32 Å². The summed E-state index contributed by atoms with van der Waals surface area (Å²) >= 11 is 7.35. The van der Waals surface area contributed by atoms with E-state index in [0.717, 1.165) is 36.0 Å². The van der Waals surface area contributed by atoms with Gasteiger partial charge in [0, 0.05) is 0 Å². The molecule has 0 amide bonds. The van der Waals surface area contributed by atoms with Crippen LogP contribution in [0.4, 0.5) is 5.69 Å². The molecule has 1 fully saturated rings. The van der Waals surface area contributed by atoms with Gasteiger partial charge in [0.15, 0.2) is 0 Å². The number of nitrogens with zero attached hydrogens (tertiary/aromatic N) is 2. The number of nitrogens with one attached hydrogen (secondary N) is 1. The molecule has 1 aliphatic rings. The molecule has 1 aromatic carbocycles. The first kappa shape index (κ1) is 11.2. The van der Waals surface area contributed by atoms with Gasteiger partial charge in [-0.3, -0.25) is 0 Å². The third-order valence-corrected chi connectivity index (χ3v) is 4.04. The second-order valence-corrected chi connectivity index (χ2v) is 5.24. The zero-order chi connectivity index (χ0) is 11.8. The van der Waals surface area contributed by atoms with Crippen molar-refractivity contribution in [2.24, 2.45) is 0 Å². The zero-order valence-corrected chi connectivity index (χ0v) is 10.6. The first-order valence-electron chi connectivity index (χ1n) is 5.61. The van der Waals surface area contributed by atoms with Crippen molar-refractivity contribution in [3.8, 4) is 0 Å². The van der Waals surface area contributed by atoms with E-state index < -0.39 is 0 Å². The highest BCUT2D eigenvalue weighted by atomic mass is 35.5. The second-order valence-electron chi connectivity index (χ2n) is 4.30. The van der Waals surface area contributed by atoms with Gasteiger partial charge >= 0.3 is 0 Å². The molecule has 6 heteroatoms. The number of halogens is 1. The number of aliphatic hydroxyl groups is 1. The predicted molar refractivity (Wildman–Crippen MR) is 69.7 cm³/mol. The number of hydrogen-bond donors (Lipinski definition) is 2. The minimum absolute atomic E-state index is 0.0693. The molecule has 1 heterocycles. The van der Waals surface area contributed by atoms with E-state index >= 15 is 0 Å². The topological polar surface area (TPSA) is 58.0 Å². The van der Waals surface area contributed by atoms with Gasteiger partial charge in [-0.15, -0.1) is 0 Å². The zero-order valence-electron chi connectivity index (χ0n) is 9.06. The Morgan fingerprint density at radius 3 is 3.00 bits per heavy atom. The molecule has 0 unspecified atom stereocenters. The van der Waals surface area contributed by atoms with Gasteiger partial charge in [0.1, 0.15) is 11.0 Å². The van der Waals surface area contributed by atoms with Crippen molar-refractivity contribution in [3.05, 3.63) is 17.2 Å². The molecular formula is C11H12ClN3OS. The molecule has 1 aliphatic carbocycles. The molecule has 1 saturated carbocycles. The van der Waals surface area contributed by atoms with Crippen LogP contribution in [0.5, 0.6) is 0 Å². The largest absolute Gasteiger partial charge is 0.391 e. The Balaban J connectivity index is 1.98. The Labute approximate surface area is 108 Å². The summed E-state index contributed by atoms with van der Waals surface area (Å²) in [4.78, 5) is 0. The second kappa shape index (κ2) is 4.40. The Hall–Kier alpha value is -0.910. The Morgan fingerprint density at radius 1 is 1.35 bits per heavy atom. The van der Waals surface area contributed by atoms with E-state index in [-0.39, 0.29) is 12.1 Å². The highest BCUT2D eigenvalue weighted by Crippen LogP contribution is 2.33. The standard InChI is InChI=1S/C11H12ClN3OS/c12-6-4-5-8-11(15-17-14-8)10(6)13-7-2-1-3-9(7)16/h4-5,7,9,13,16H,1-3H2/t7-,9-/m0/s1. The molecule has 0 saturated heterocycles. The molecule has 0 radical (unpaired) electrons. The van der Waals surface area contributed by atoms with Crippen LogP contribution in [0, 0.1) is 0 Å². The molecular weight excluding hydrogens is 258 g/mol. The lowest BCUT2D eigenvalue weighted by atomic mass is 10.2. The summed E-state index contributed by atoms with van der Waals surface area (Å²) in [6, 6.07) is 3.74. The van der Waals surface area contributed by atoms with Crippen LogP contribution in [0.3, 0.4) is 0 Å². The maximum absolute atomic E-state index is 9.82. The third-order valence-electron chi connectivity index (χ3n) is 3.19. The van der Waals surface area contributed by atoms with Crippen molar-refractivity contribution in [2.75, 3.05) is 5.32 Å². The van der Waals surface area contributed by atoms with Gasteiger partial charge < -0.3 is 10.4 Å². The molecule has 0 aliphatic heterocycles. The SMILES string of the molecule is O[C@H]1CCC[C@@H]1Nc1c(Cl)ccc2nsnc12. The smallest absolute Gasteiger partial charge is 0.129 e. The number of benzene rings is 1. The summed E-state index contributed by atoms with van der Waals surface area (Å²) in [7, 11) is 0. The van der Waals surface area contributed by atoms with E-state index in [0.29, 0.717) is 5.02 Å². The van der Waals surface area contributed by atoms with Crippen molar-refractivity contribution in [3.63, 3.8) is 0 Å². The molecule has 2 aromatic rings. The molecule has 0 spiro atoms. The van der Waals surface area contributed by atoms with Crippen molar-refractivity contribution in [1.29, 1.82) is 0 Å². The third kappa shape index (κ3) is 1.99. The van der Waals surface area contributed by atoms with E-state index in [1.807, 2.05) is 12.1 Å². The van der Waals surface area contributed by atoms with Gasteiger partial charge in [0.2, 0.25) is 0 Å². The van der Waals surface area contributed by atoms with Crippen LogP contribution in [0.15, 0.2) is 12.1 Å². The van der Waals surface area contributed by atoms with Crippen LogP contribution in [-0.4, -0.2) is 26.0 Å². The average Bonchev–Trinajstić information content (AvgIpc) is 2.92. The summed E-state index contributed by atoms with van der Waals surface area (Å²) in [5.74, 6) is 0. The minimum atomic E-state index is -0.298. The first-order chi connectivity index (χ1) is 8.25. The van der Waals surface area contributed by atoms with Crippen molar-refractivity contribution >= 4 is 40.0 Å². The van der Waals surface area contributed by atoms with Gasteiger partial charge in [0.05, 0.1) is 34.6 Å². The van der Waals surface area contributed by atoms with E-state index in [9.17, 15) is 5.11 Å². The van der Waals surface area contributed by atoms with Crippen LogP contribution in [-0.2, 0) is 0 Å². The number of fused-ring (bicyclic) bond motifs is 1. The predicted octanol–water partition coefficient (Wildman–Crippen LogP) is 2.67. The van der Waals surface area contributed by atoms with Crippen molar-refractivity contribution < 1.29 is 5.11 Å². The van der Waals surface area contributed by atoms with Gasteiger partial charge in [0.25, 0.3) is 0 Å². The molecule has 0 bridgehead atoms. The minimum Gasteiger partial charge on any atom is -0.391 e. The van der Waals surface area contributed by atoms with Crippen molar-refractivity contribution in [2.45, 2.75) is 31.4 Å². The Kier molecular flexibility index (Phi) is 2.90. The molecule has 3 rings (SSSR count). The van der Waals surface area contributed by atoms with Gasteiger partial charge in [-0.2, -0.15) is 8.75 Å². The maximum Gasteiger partial charge on any atom is 0.129 e. The molecule has 2 atom stereocenters. The number of hydrogen-bond acceptors (Lipinski definition) is 5. The lowest BCUT2D eigenvalue weighted by Gasteiger charge is -2.18. The van der Waals surface area contributed by atoms with Crippen LogP contribution in [0.1, 0.15) is 19.3 Å². The van der Waals surface area contributed by atoms with E-state index in [2.05, 4.69) is 14.1 Å². The highest BCUT2D eigenvalue weighted by Gasteiger charge is 2.26. The van der Waals surface area contributed by atoms with Gasteiger partial charge in [-0.25, -0.2) is 0 Å². The van der Waals surface area contributed by atoms with Gasteiger partial charge in [-0.05, 0) is 31.4 Å². The monoisotopic (exact) mass is 269 g/mol. The summed E-state index contributed by atoms with van der Waals surface area (Å²) in [5, 5.41) is 13.8. The van der Waals surface area contributed by atoms with Crippen LogP contribution >= 0.6 is 23.3 Å². The number of aromatic nitrogens is 2. The lowest BCUT2D eigenvalue weighted by molar-refractivity contribution is 0.172. The summed E-state index contributed by atoms with van der Waals surface area (Å²) in [5.41, 5.74) is 2.43. The van der Waals surface area contributed by atoms with Crippen LogP contribution in [0.25, 0.3) is 11.0 Å². The van der Waals surface area contributed by atoms with E-state index in [1.165, 1.54) is 11.7 Å². The van der Waals surface area contributed by atoms with Gasteiger partial charge in [-0.1, -0.05) is 11.6 Å². The first-order valence-corrected chi connectivity index (χ1v) is 6.72. The number of aliphatic hydroxyl groups excluding tert-OH is 1. The fraction of sp³-hybridized carbons (Fsp3) is 0.455. The maximum atomic E-state index is 9.82. The summed E-state index contributed by atoms with van der Waals surface area (Å²) in [6.45, 7) is 0. The molecule has 4 nitrogen and oxygen atoms in total. The number of anilines is 1. The highest BCUT2D eigenvalue weighted by molar-refractivity contribution is 7.00. The lowest BCUT2D eigenvalue weighted by Crippen LogP contribution is -2.28. The fourth-order valence-corrected chi connectivity index (χ4v) is 3.01. The normalized spacial score (nSPS) is 24.4. The Bertz CT molecular complexity index is 544. The van der Waals surface area contributed by atoms with E-state index in [4.69, 9.17) is 11.6 Å². The average molecular weight is 270 g/mol. The van der Waals surface area contributed by atoms with E-state index in [1.54, 1.807) is 0 Å². The molecule has 1 aromatic heterocycles. The van der Waals surface area contributed by atoms with Crippen LogP contribution in [0.2, 0.25) is 5.02 Å². The molecule has 2 N–H and O–H groups in total. The van der Waals surface area contributed by atoms with Crippen molar-refractivity contribution in [1.82, 2.24) is 8.75 Å². The molecule has 90 valence electrons. The number of rotatable bonds is 2. The quantitative estimate of drug-likeness (QED) is 0.880.